The van der Waals surface area contributed by atoms with E-state index in [9.17, 15) is 39.3 Å². The van der Waals surface area contributed by atoms with Crippen molar-refractivity contribution in [3.63, 3.8) is 0 Å². The smallest absolute Gasteiger partial charge is 0.317 e. The summed E-state index contributed by atoms with van der Waals surface area (Å²) in [6.07, 6.45) is 0.839. The van der Waals surface area contributed by atoms with Gasteiger partial charge >= 0.3 is 29.8 Å². The van der Waals surface area contributed by atoms with Gasteiger partial charge in [-0.2, -0.15) is 0 Å². The van der Waals surface area contributed by atoms with E-state index in [0.29, 0.717) is 69.0 Å². The minimum atomic E-state index is -1.29. The Balaban J connectivity index is 2.87. The first kappa shape index (κ1) is 44.0. The van der Waals surface area contributed by atoms with Gasteiger partial charge in [0.1, 0.15) is 0 Å². The van der Waals surface area contributed by atoms with Crippen LogP contribution in [-0.2, 0) is 44.6 Å². The maximum absolute atomic E-state index is 11.7. The lowest BCUT2D eigenvalue weighted by molar-refractivity contribution is -0.144. The number of nitrogens with one attached hydrogen (secondary N) is 2. The molecule has 1 rings (SSSR count). The lowest BCUT2D eigenvalue weighted by Crippen LogP contribution is -2.51. The molecular weight excluding hydrogens is 682 g/mol. The number of hydrogen-bond donors (Lipinski definition) is 7. The van der Waals surface area contributed by atoms with E-state index in [2.05, 4.69) is 10.6 Å². The van der Waals surface area contributed by atoms with Gasteiger partial charge in [0.2, 0.25) is 0 Å². The van der Waals surface area contributed by atoms with Crippen LogP contribution in [0.2, 0.25) is 0 Å². The van der Waals surface area contributed by atoms with Gasteiger partial charge in [-0.25, -0.2) is 0 Å². The topological polar surface area (TPSA) is 248 Å². The lowest BCUT2D eigenvalue weighted by Gasteiger charge is -2.34. The van der Waals surface area contributed by atoms with E-state index in [1.54, 1.807) is 24.3 Å². The van der Waals surface area contributed by atoms with Crippen LogP contribution in [0.4, 0.5) is 5.69 Å². The van der Waals surface area contributed by atoms with Crippen molar-refractivity contribution in [2.45, 2.75) is 25.8 Å². The SMILES string of the molecule is CCOCCOCCOCCCNC(=S)Nc1ccc(C[C@@H](CN(CCN(CC(=O)O)CC(=O)O)CC(=O)O)N(CC(=O)O)CC(=O)O)cc1. The van der Waals surface area contributed by atoms with Crippen molar-refractivity contribution in [3.05, 3.63) is 29.8 Å². The van der Waals surface area contributed by atoms with Crippen molar-refractivity contribution in [3.8, 4) is 0 Å². The summed E-state index contributed by atoms with van der Waals surface area (Å²) in [5, 5.41) is 53.4. The van der Waals surface area contributed by atoms with Gasteiger partial charge in [-0.3, -0.25) is 38.7 Å². The Hall–Kier alpha value is -3.98. The number of ether oxygens (including phenoxy) is 3. The molecule has 0 bridgehead atoms. The summed E-state index contributed by atoms with van der Waals surface area (Å²) < 4.78 is 16.1. The molecule has 0 aliphatic carbocycles. The third-order valence-corrected chi connectivity index (χ3v) is 7.10. The van der Waals surface area contributed by atoms with Gasteiger partial charge in [0, 0.05) is 51.1 Å². The Morgan fingerprint density at radius 3 is 1.70 bits per heavy atom. The Kier molecular flexibility index (Phi) is 22.8. The number of aliphatic carboxylic acids is 5. The number of nitrogens with zero attached hydrogens (tertiary/aromatic N) is 3. The van der Waals surface area contributed by atoms with E-state index in [0.717, 1.165) is 4.90 Å². The molecule has 0 aliphatic rings. The largest absolute Gasteiger partial charge is 0.480 e. The number of carboxylic acids is 5. The number of benzene rings is 1. The monoisotopic (exact) mass is 731 g/mol. The van der Waals surface area contributed by atoms with Crippen LogP contribution < -0.4 is 10.6 Å². The molecule has 0 amide bonds. The molecule has 0 aromatic heterocycles. The predicted octanol–water partition coefficient (Wildman–Crippen LogP) is -0.327. The van der Waals surface area contributed by atoms with E-state index in [1.807, 2.05) is 6.92 Å². The first-order valence-corrected chi connectivity index (χ1v) is 16.3. The molecule has 0 heterocycles. The summed E-state index contributed by atoms with van der Waals surface area (Å²) in [6, 6.07) is 6.15. The molecule has 7 N–H and O–H groups in total. The normalized spacial score (nSPS) is 11.8. The zero-order valence-corrected chi connectivity index (χ0v) is 29.0. The maximum Gasteiger partial charge on any atom is 0.317 e. The highest BCUT2D eigenvalue weighted by Crippen LogP contribution is 2.15. The molecule has 0 spiro atoms. The zero-order valence-electron chi connectivity index (χ0n) is 28.2. The summed E-state index contributed by atoms with van der Waals surface area (Å²) in [7, 11) is 0. The first-order chi connectivity index (χ1) is 23.8. The van der Waals surface area contributed by atoms with Gasteiger partial charge in [0.25, 0.3) is 0 Å². The molecule has 19 heteroatoms. The van der Waals surface area contributed by atoms with Crippen molar-refractivity contribution >= 4 is 52.9 Å². The van der Waals surface area contributed by atoms with E-state index in [4.69, 9.17) is 36.6 Å². The fourth-order valence-corrected chi connectivity index (χ4v) is 4.93. The van der Waals surface area contributed by atoms with E-state index in [1.165, 1.54) is 9.80 Å². The van der Waals surface area contributed by atoms with Gasteiger partial charge in [0.15, 0.2) is 5.11 Å². The highest BCUT2D eigenvalue weighted by Gasteiger charge is 2.27. The molecule has 0 radical (unpaired) electrons. The van der Waals surface area contributed by atoms with Crippen molar-refractivity contribution < 1.29 is 63.7 Å². The van der Waals surface area contributed by atoms with Crippen LogP contribution in [0.1, 0.15) is 18.9 Å². The number of rotatable bonds is 30. The van der Waals surface area contributed by atoms with Crippen LogP contribution in [0.25, 0.3) is 0 Å². The maximum atomic E-state index is 11.7. The number of carbonyl (C=O) groups is 5. The van der Waals surface area contributed by atoms with Gasteiger partial charge in [-0.05, 0) is 49.7 Å². The molecule has 18 nitrogen and oxygen atoms in total. The fourth-order valence-electron chi connectivity index (χ4n) is 4.71. The van der Waals surface area contributed by atoms with Crippen LogP contribution >= 0.6 is 12.2 Å². The molecule has 0 fully saturated rings. The molecule has 282 valence electrons. The minimum absolute atomic E-state index is 0.0832. The predicted molar refractivity (Wildman–Crippen MR) is 184 cm³/mol. The standard InChI is InChI=1S/C31H49N5O13S/c1-2-47-12-13-49-15-14-48-11-3-8-32-31(50)33-24-6-4-23(5-7-24)16-25(36(21-29(43)44)22-30(45)46)17-34(18-26(37)38)9-10-35(19-27(39)40)20-28(41)42/h4-7,25H,2-3,8-22H2,1H3,(H,37,38)(H,39,40)(H,41,42)(H,43,44)(H,45,46)(H2,32,33,50)/t25-/m0/s1. The molecule has 1 aromatic carbocycles. The second kappa shape index (κ2) is 25.9. The molecule has 0 aliphatic heterocycles. The number of thiocarbonyl (C=S) groups is 1. The summed E-state index contributed by atoms with van der Waals surface area (Å²) >= 11 is 5.36. The lowest BCUT2D eigenvalue weighted by atomic mass is 10.0. The van der Waals surface area contributed by atoms with Gasteiger partial charge < -0.3 is 50.4 Å². The van der Waals surface area contributed by atoms with E-state index in [-0.39, 0.29) is 26.1 Å². The average Bonchev–Trinajstić information content (AvgIpc) is 3.01. The van der Waals surface area contributed by atoms with Crippen molar-refractivity contribution in [1.29, 1.82) is 0 Å². The van der Waals surface area contributed by atoms with Crippen LogP contribution in [0.5, 0.6) is 0 Å². The van der Waals surface area contributed by atoms with Crippen LogP contribution in [0.3, 0.4) is 0 Å². The zero-order chi connectivity index (χ0) is 37.3. The molecular formula is C31H49N5O13S. The Labute approximate surface area is 295 Å². The summed E-state index contributed by atoms with van der Waals surface area (Å²) in [4.78, 5) is 61.2. The second-order valence-corrected chi connectivity index (χ2v) is 11.4. The van der Waals surface area contributed by atoms with Gasteiger partial charge in [0.05, 0.1) is 59.2 Å². The average molecular weight is 732 g/mol. The highest BCUT2D eigenvalue weighted by molar-refractivity contribution is 7.80. The molecule has 0 saturated heterocycles. The Morgan fingerprint density at radius 1 is 0.700 bits per heavy atom. The third-order valence-electron chi connectivity index (χ3n) is 6.85. The minimum Gasteiger partial charge on any atom is -0.480 e. The van der Waals surface area contributed by atoms with Gasteiger partial charge in [-0.1, -0.05) is 12.1 Å². The number of carboxylic acid groups (broad SMARTS) is 5. The number of hydrogen-bond acceptors (Lipinski definition) is 12. The highest BCUT2D eigenvalue weighted by atomic mass is 32.1. The van der Waals surface area contributed by atoms with Gasteiger partial charge in [-0.15, -0.1) is 0 Å². The van der Waals surface area contributed by atoms with Crippen LogP contribution in [0, 0.1) is 0 Å². The molecule has 1 atom stereocenters. The molecule has 50 heavy (non-hydrogen) atoms. The summed E-state index contributed by atoms with van der Waals surface area (Å²) in [5.74, 6) is -6.35. The molecule has 0 unspecified atom stereocenters. The quantitative estimate of drug-likeness (QED) is 0.0395. The Bertz CT molecular complexity index is 1180. The van der Waals surface area contributed by atoms with Crippen LogP contribution in [-0.4, -0.2) is 180 Å². The van der Waals surface area contributed by atoms with Crippen molar-refractivity contribution in [2.24, 2.45) is 0 Å². The van der Waals surface area contributed by atoms with Crippen molar-refractivity contribution in [1.82, 2.24) is 20.0 Å². The fraction of sp³-hybridized carbons (Fsp3) is 0.613. The van der Waals surface area contributed by atoms with E-state index >= 15 is 0 Å². The second-order valence-electron chi connectivity index (χ2n) is 11.0. The number of anilines is 1. The molecule has 1 aromatic rings. The van der Waals surface area contributed by atoms with E-state index < -0.39 is 68.6 Å². The first-order valence-electron chi connectivity index (χ1n) is 15.9. The Morgan fingerprint density at radius 2 is 1.18 bits per heavy atom. The van der Waals surface area contributed by atoms with Crippen LogP contribution in [0.15, 0.2) is 24.3 Å². The third kappa shape index (κ3) is 22.6. The molecule has 0 saturated carbocycles. The van der Waals surface area contributed by atoms with Crippen molar-refractivity contribution in [2.75, 3.05) is 104 Å². The summed E-state index contributed by atoms with van der Waals surface area (Å²) in [5.41, 5.74) is 1.34. The summed E-state index contributed by atoms with van der Waals surface area (Å²) in [6.45, 7) is 2.35.